The van der Waals surface area contributed by atoms with Crippen molar-refractivity contribution in [2.24, 2.45) is 0 Å². The minimum absolute atomic E-state index is 0.697. The number of nitrogens with one attached hydrogen (secondary N) is 1. The fraction of sp³-hybridized carbons (Fsp3) is 0.0500. The van der Waals surface area contributed by atoms with Crippen LogP contribution in [0.4, 0.5) is 5.69 Å². The number of aromatic nitrogens is 1. The number of hydrogen-bond acceptors (Lipinski definition) is 3. The van der Waals surface area contributed by atoms with Crippen LogP contribution in [0.15, 0.2) is 72.8 Å². The van der Waals surface area contributed by atoms with Gasteiger partial charge in [0.1, 0.15) is 5.01 Å². The van der Waals surface area contributed by atoms with E-state index in [1.807, 2.05) is 36.4 Å². The van der Waals surface area contributed by atoms with E-state index in [1.165, 1.54) is 4.70 Å². The van der Waals surface area contributed by atoms with E-state index in [0.717, 1.165) is 32.4 Å². The maximum Gasteiger partial charge on any atom is 0.124 e. The average Bonchev–Trinajstić information content (AvgIpc) is 3.06. The van der Waals surface area contributed by atoms with Gasteiger partial charge in [-0.1, -0.05) is 54.1 Å². The van der Waals surface area contributed by atoms with E-state index in [-0.39, 0.29) is 0 Å². The summed E-state index contributed by atoms with van der Waals surface area (Å²) in [5.41, 5.74) is 4.32. The molecule has 0 amide bonds. The Hall–Kier alpha value is -2.36. The minimum Gasteiger partial charge on any atom is -0.381 e. The predicted molar refractivity (Wildman–Crippen MR) is 104 cm³/mol. The van der Waals surface area contributed by atoms with Crippen LogP contribution >= 0.6 is 22.9 Å². The van der Waals surface area contributed by atoms with Crippen molar-refractivity contribution in [3.8, 4) is 10.6 Å². The lowest BCUT2D eigenvalue weighted by atomic mass is 10.2. The summed E-state index contributed by atoms with van der Waals surface area (Å²) in [7, 11) is 0. The first-order chi connectivity index (χ1) is 11.8. The first kappa shape index (κ1) is 15.2. The molecule has 24 heavy (non-hydrogen) atoms. The molecule has 1 heterocycles. The quantitative estimate of drug-likeness (QED) is 0.472. The van der Waals surface area contributed by atoms with Crippen molar-refractivity contribution in [1.29, 1.82) is 0 Å². The van der Waals surface area contributed by atoms with Gasteiger partial charge in [0.2, 0.25) is 0 Å². The minimum atomic E-state index is 0.697. The SMILES string of the molecule is Clc1ccccc1CNc1cccc(-c2nc3ccccc3s2)c1. The molecule has 0 saturated carbocycles. The molecule has 0 aliphatic rings. The Morgan fingerprint density at radius 3 is 2.62 bits per heavy atom. The normalized spacial score (nSPS) is 10.9. The summed E-state index contributed by atoms with van der Waals surface area (Å²) in [6, 6.07) is 24.5. The van der Waals surface area contributed by atoms with Crippen molar-refractivity contribution in [3.63, 3.8) is 0 Å². The molecule has 0 fully saturated rings. The highest BCUT2D eigenvalue weighted by atomic mass is 35.5. The van der Waals surface area contributed by atoms with Gasteiger partial charge in [-0.3, -0.25) is 0 Å². The predicted octanol–water partition coefficient (Wildman–Crippen LogP) is 6.23. The van der Waals surface area contributed by atoms with E-state index >= 15 is 0 Å². The number of benzene rings is 3. The van der Waals surface area contributed by atoms with E-state index < -0.39 is 0 Å². The zero-order valence-corrected chi connectivity index (χ0v) is 14.4. The van der Waals surface area contributed by atoms with Crippen LogP contribution in [0, 0.1) is 0 Å². The maximum atomic E-state index is 6.21. The average molecular weight is 351 g/mol. The van der Waals surface area contributed by atoms with E-state index in [4.69, 9.17) is 16.6 Å². The van der Waals surface area contributed by atoms with Gasteiger partial charge in [-0.05, 0) is 35.9 Å². The van der Waals surface area contributed by atoms with Crippen molar-refractivity contribution in [2.45, 2.75) is 6.54 Å². The Kier molecular flexibility index (Phi) is 4.20. The summed E-state index contributed by atoms with van der Waals surface area (Å²) < 4.78 is 1.21. The van der Waals surface area contributed by atoms with Crippen LogP contribution in [0.2, 0.25) is 5.02 Å². The zero-order chi connectivity index (χ0) is 16.4. The second kappa shape index (κ2) is 6.63. The molecule has 118 valence electrons. The van der Waals surface area contributed by atoms with Crippen molar-refractivity contribution in [1.82, 2.24) is 4.98 Å². The van der Waals surface area contributed by atoms with Crippen molar-refractivity contribution < 1.29 is 0 Å². The maximum absolute atomic E-state index is 6.21. The molecule has 1 N–H and O–H groups in total. The van der Waals surface area contributed by atoms with Gasteiger partial charge in [0.15, 0.2) is 0 Å². The molecule has 1 aromatic heterocycles. The van der Waals surface area contributed by atoms with E-state index in [1.54, 1.807) is 11.3 Å². The molecule has 0 spiro atoms. The molecule has 4 heteroatoms. The standard InChI is InChI=1S/C20H15ClN2S/c21-17-9-2-1-6-15(17)13-22-16-8-5-7-14(12-16)20-23-18-10-3-4-11-19(18)24-20/h1-12,22H,13H2. The summed E-state index contributed by atoms with van der Waals surface area (Å²) in [5.74, 6) is 0. The second-order valence-electron chi connectivity index (χ2n) is 5.51. The topological polar surface area (TPSA) is 24.9 Å². The molecule has 3 aromatic carbocycles. The van der Waals surface area contributed by atoms with Crippen LogP contribution in [0.5, 0.6) is 0 Å². The number of hydrogen-bond donors (Lipinski definition) is 1. The third kappa shape index (κ3) is 3.14. The molecule has 0 aliphatic carbocycles. The lowest BCUT2D eigenvalue weighted by Crippen LogP contribution is -1.99. The molecule has 0 radical (unpaired) electrons. The van der Waals surface area contributed by atoms with Crippen LogP contribution in [-0.2, 0) is 6.54 Å². The Labute approximate surface area is 149 Å². The fourth-order valence-corrected chi connectivity index (χ4v) is 3.76. The molecular formula is C20H15ClN2S. The molecule has 0 bridgehead atoms. The molecule has 4 rings (SSSR count). The van der Waals surface area contributed by atoms with Crippen LogP contribution in [0.3, 0.4) is 0 Å². The Morgan fingerprint density at radius 1 is 0.917 bits per heavy atom. The summed E-state index contributed by atoms with van der Waals surface area (Å²) in [6.45, 7) is 0.697. The Bertz CT molecular complexity index is 961. The van der Waals surface area contributed by atoms with Gasteiger partial charge in [-0.15, -0.1) is 11.3 Å². The van der Waals surface area contributed by atoms with Gasteiger partial charge in [-0.25, -0.2) is 4.98 Å². The lowest BCUT2D eigenvalue weighted by Gasteiger charge is -2.09. The number of para-hydroxylation sites is 1. The van der Waals surface area contributed by atoms with Crippen LogP contribution in [0.1, 0.15) is 5.56 Å². The highest BCUT2D eigenvalue weighted by molar-refractivity contribution is 7.21. The molecule has 0 atom stereocenters. The van der Waals surface area contributed by atoms with Crippen molar-refractivity contribution >= 4 is 38.8 Å². The van der Waals surface area contributed by atoms with Gasteiger partial charge in [0, 0.05) is 22.8 Å². The monoisotopic (exact) mass is 350 g/mol. The smallest absolute Gasteiger partial charge is 0.124 e. The second-order valence-corrected chi connectivity index (χ2v) is 6.95. The highest BCUT2D eigenvalue weighted by Crippen LogP contribution is 2.31. The van der Waals surface area contributed by atoms with Gasteiger partial charge in [0.25, 0.3) is 0 Å². The fourth-order valence-electron chi connectivity index (χ4n) is 2.60. The number of halogens is 1. The number of fused-ring (bicyclic) bond motifs is 1. The number of rotatable bonds is 4. The molecular weight excluding hydrogens is 336 g/mol. The van der Waals surface area contributed by atoms with Gasteiger partial charge < -0.3 is 5.32 Å². The first-order valence-electron chi connectivity index (χ1n) is 7.73. The molecule has 0 saturated heterocycles. The van der Waals surface area contributed by atoms with Gasteiger partial charge in [-0.2, -0.15) is 0 Å². The van der Waals surface area contributed by atoms with Gasteiger partial charge in [0.05, 0.1) is 10.2 Å². The number of anilines is 1. The van der Waals surface area contributed by atoms with Crippen LogP contribution < -0.4 is 5.32 Å². The Morgan fingerprint density at radius 2 is 1.75 bits per heavy atom. The molecule has 0 unspecified atom stereocenters. The summed E-state index contributed by atoms with van der Waals surface area (Å²) >= 11 is 7.93. The third-order valence-corrected chi connectivity index (χ3v) is 5.30. The zero-order valence-electron chi connectivity index (χ0n) is 12.9. The van der Waals surface area contributed by atoms with Crippen LogP contribution in [-0.4, -0.2) is 4.98 Å². The van der Waals surface area contributed by atoms with E-state index in [0.29, 0.717) is 6.54 Å². The third-order valence-electron chi connectivity index (χ3n) is 3.84. The van der Waals surface area contributed by atoms with Crippen LogP contribution in [0.25, 0.3) is 20.8 Å². The van der Waals surface area contributed by atoms with E-state index in [9.17, 15) is 0 Å². The summed E-state index contributed by atoms with van der Waals surface area (Å²) in [4.78, 5) is 4.73. The molecule has 0 aliphatic heterocycles. The summed E-state index contributed by atoms with van der Waals surface area (Å²) in [5, 5.41) is 5.26. The largest absolute Gasteiger partial charge is 0.381 e. The number of nitrogens with zero attached hydrogens (tertiary/aromatic N) is 1. The summed E-state index contributed by atoms with van der Waals surface area (Å²) in [6.07, 6.45) is 0. The van der Waals surface area contributed by atoms with Crippen molar-refractivity contribution in [3.05, 3.63) is 83.4 Å². The molecule has 2 nitrogen and oxygen atoms in total. The lowest BCUT2D eigenvalue weighted by molar-refractivity contribution is 1.15. The number of thiazole rings is 1. The highest BCUT2D eigenvalue weighted by Gasteiger charge is 2.06. The molecule has 4 aromatic rings. The first-order valence-corrected chi connectivity index (χ1v) is 8.92. The van der Waals surface area contributed by atoms with Crippen molar-refractivity contribution in [2.75, 3.05) is 5.32 Å². The van der Waals surface area contributed by atoms with E-state index in [2.05, 4.69) is 41.7 Å². The Balaban J connectivity index is 1.58. The van der Waals surface area contributed by atoms with Gasteiger partial charge >= 0.3 is 0 Å².